The third-order valence-electron chi connectivity index (χ3n) is 3.88. The summed E-state index contributed by atoms with van der Waals surface area (Å²) in [5, 5.41) is 5.05. The SMILES string of the molecule is CCNCC1(Cc2cc(Cl)ccc2Cl)CCOCC1. The fourth-order valence-corrected chi connectivity index (χ4v) is 3.07. The van der Waals surface area contributed by atoms with E-state index in [1.807, 2.05) is 18.2 Å². The predicted molar refractivity (Wildman–Crippen MR) is 81.2 cm³/mol. The van der Waals surface area contributed by atoms with Gasteiger partial charge < -0.3 is 10.1 Å². The predicted octanol–water partition coefficient (Wildman–Crippen LogP) is 3.94. The van der Waals surface area contributed by atoms with Gasteiger partial charge in [-0.25, -0.2) is 0 Å². The van der Waals surface area contributed by atoms with Crippen LogP contribution in [0.5, 0.6) is 0 Å². The van der Waals surface area contributed by atoms with Crippen molar-refractivity contribution in [2.24, 2.45) is 5.41 Å². The van der Waals surface area contributed by atoms with E-state index < -0.39 is 0 Å². The van der Waals surface area contributed by atoms with Crippen LogP contribution in [0, 0.1) is 5.41 Å². The molecule has 1 aliphatic heterocycles. The van der Waals surface area contributed by atoms with E-state index in [0.717, 1.165) is 61.2 Å². The topological polar surface area (TPSA) is 21.3 Å². The zero-order valence-electron chi connectivity index (χ0n) is 11.3. The molecule has 0 bridgehead atoms. The van der Waals surface area contributed by atoms with Gasteiger partial charge in [-0.15, -0.1) is 0 Å². The van der Waals surface area contributed by atoms with Gasteiger partial charge in [-0.05, 0) is 55.0 Å². The van der Waals surface area contributed by atoms with Crippen molar-refractivity contribution in [2.45, 2.75) is 26.2 Å². The van der Waals surface area contributed by atoms with Gasteiger partial charge in [-0.3, -0.25) is 0 Å². The van der Waals surface area contributed by atoms with E-state index in [-0.39, 0.29) is 5.41 Å². The highest BCUT2D eigenvalue weighted by Crippen LogP contribution is 2.36. The van der Waals surface area contributed by atoms with Crippen molar-refractivity contribution in [3.05, 3.63) is 33.8 Å². The Bertz CT molecular complexity index is 417. The van der Waals surface area contributed by atoms with Gasteiger partial charge in [0.05, 0.1) is 0 Å². The lowest BCUT2D eigenvalue weighted by molar-refractivity contribution is 0.0152. The molecule has 1 N–H and O–H groups in total. The molecule has 2 nitrogen and oxygen atoms in total. The molecule has 0 aromatic heterocycles. The molecule has 1 heterocycles. The lowest BCUT2D eigenvalue weighted by Crippen LogP contribution is -2.40. The molecule has 0 saturated carbocycles. The molecular weight excluding hydrogens is 281 g/mol. The molecule has 2 rings (SSSR count). The molecule has 1 aromatic rings. The minimum Gasteiger partial charge on any atom is -0.381 e. The van der Waals surface area contributed by atoms with Gasteiger partial charge in [0.25, 0.3) is 0 Å². The number of hydrogen-bond donors (Lipinski definition) is 1. The van der Waals surface area contributed by atoms with Crippen molar-refractivity contribution in [3.63, 3.8) is 0 Å². The summed E-state index contributed by atoms with van der Waals surface area (Å²) in [5.74, 6) is 0. The average molecular weight is 302 g/mol. The first-order valence-electron chi connectivity index (χ1n) is 6.88. The summed E-state index contributed by atoms with van der Waals surface area (Å²) in [6.45, 7) is 5.81. The van der Waals surface area contributed by atoms with E-state index in [9.17, 15) is 0 Å². The normalized spacial score (nSPS) is 18.5. The molecule has 0 unspecified atom stereocenters. The Kier molecular flexibility index (Phi) is 5.52. The van der Waals surface area contributed by atoms with Crippen molar-refractivity contribution in [1.82, 2.24) is 5.32 Å². The van der Waals surface area contributed by atoms with Crippen LogP contribution in [0.3, 0.4) is 0 Å². The number of ether oxygens (including phenoxy) is 1. The molecule has 1 aliphatic rings. The molecule has 0 spiro atoms. The molecule has 1 aromatic carbocycles. The van der Waals surface area contributed by atoms with Crippen molar-refractivity contribution >= 4 is 23.2 Å². The van der Waals surface area contributed by atoms with E-state index in [1.54, 1.807) is 0 Å². The van der Waals surface area contributed by atoms with Crippen LogP contribution in [0.15, 0.2) is 18.2 Å². The summed E-state index contributed by atoms with van der Waals surface area (Å²) < 4.78 is 5.51. The molecule has 0 atom stereocenters. The molecule has 0 radical (unpaired) electrons. The minimum atomic E-state index is 0.239. The smallest absolute Gasteiger partial charge is 0.0471 e. The molecule has 1 saturated heterocycles. The van der Waals surface area contributed by atoms with Crippen LogP contribution in [0.2, 0.25) is 10.0 Å². The Hall–Kier alpha value is -0.280. The largest absolute Gasteiger partial charge is 0.381 e. The van der Waals surface area contributed by atoms with Crippen molar-refractivity contribution in [3.8, 4) is 0 Å². The van der Waals surface area contributed by atoms with Crippen molar-refractivity contribution in [1.29, 1.82) is 0 Å². The molecule has 0 aliphatic carbocycles. The van der Waals surface area contributed by atoms with Crippen molar-refractivity contribution < 1.29 is 4.74 Å². The Balaban J connectivity index is 2.16. The molecule has 0 amide bonds. The second-order valence-corrected chi connectivity index (χ2v) is 6.15. The summed E-state index contributed by atoms with van der Waals surface area (Å²) in [7, 11) is 0. The van der Waals surface area contributed by atoms with Gasteiger partial charge in [0.2, 0.25) is 0 Å². The second-order valence-electron chi connectivity index (χ2n) is 5.31. The van der Waals surface area contributed by atoms with E-state index in [4.69, 9.17) is 27.9 Å². The van der Waals surface area contributed by atoms with Crippen molar-refractivity contribution in [2.75, 3.05) is 26.3 Å². The fraction of sp³-hybridized carbons (Fsp3) is 0.600. The third kappa shape index (κ3) is 4.09. The van der Waals surface area contributed by atoms with Gasteiger partial charge >= 0.3 is 0 Å². The third-order valence-corrected chi connectivity index (χ3v) is 4.48. The lowest BCUT2D eigenvalue weighted by atomic mass is 9.75. The quantitative estimate of drug-likeness (QED) is 0.889. The van der Waals surface area contributed by atoms with Crippen LogP contribution in [0.1, 0.15) is 25.3 Å². The van der Waals surface area contributed by atoms with Crippen LogP contribution in [0.4, 0.5) is 0 Å². The highest BCUT2D eigenvalue weighted by molar-refractivity contribution is 6.33. The van der Waals surface area contributed by atoms with E-state index in [0.29, 0.717) is 0 Å². The summed E-state index contributed by atoms with van der Waals surface area (Å²) in [6, 6.07) is 5.72. The second kappa shape index (κ2) is 6.94. The maximum Gasteiger partial charge on any atom is 0.0471 e. The van der Waals surface area contributed by atoms with E-state index >= 15 is 0 Å². The molecule has 106 valence electrons. The van der Waals surface area contributed by atoms with Gasteiger partial charge in [-0.2, -0.15) is 0 Å². The molecule has 1 fully saturated rings. The van der Waals surface area contributed by atoms with Crippen LogP contribution in [-0.2, 0) is 11.2 Å². The number of hydrogen-bond acceptors (Lipinski definition) is 2. The lowest BCUT2D eigenvalue weighted by Gasteiger charge is -2.38. The highest BCUT2D eigenvalue weighted by atomic mass is 35.5. The number of rotatable bonds is 5. The Morgan fingerprint density at radius 2 is 2.00 bits per heavy atom. The number of benzene rings is 1. The maximum atomic E-state index is 6.30. The summed E-state index contributed by atoms with van der Waals surface area (Å²) in [5.41, 5.74) is 1.39. The van der Waals surface area contributed by atoms with Gasteiger partial charge in [-0.1, -0.05) is 30.1 Å². The molecule has 4 heteroatoms. The molecular formula is C15H21Cl2NO. The first kappa shape index (κ1) is 15.1. The maximum absolute atomic E-state index is 6.30. The zero-order chi connectivity index (χ0) is 13.7. The monoisotopic (exact) mass is 301 g/mol. The van der Waals surface area contributed by atoms with Gasteiger partial charge in [0.1, 0.15) is 0 Å². The fourth-order valence-electron chi connectivity index (χ4n) is 2.69. The first-order chi connectivity index (χ1) is 9.15. The average Bonchev–Trinajstić information content (AvgIpc) is 2.42. The Labute approximate surface area is 125 Å². The van der Waals surface area contributed by atoms with Crippen LogP contribution >= 0.6 is 23.2 Å². The van der Waals surface area contributed by atoms with Gasteiger partial charge in [0, 0.05) is 29.8 Å². The number of halogens is 2. The number of nitrogens with one attached hydrogen (secondary N) is 1. The summed E-state index contributed by atoms with van der Waals surface area (Å²) in [4.78, 5) is 0. The first-order valence-corrected chi connectivity index (χ1v) is 7.63. The van der Waals surface area contributed by atoms with Crippen LogP contribution < -0.4 is 5.32 Å². The minimum absolute atomic E-state index is 0.239. The van der Waals surface area contributed by atoms with Crippen LogP contribution in [0.25, 0.3) is 0 Å². The molecule has 19 heavy (non-hydrogen) atoms. The summed E-state index contributed by atoms with van der Waals surface area (Å²) >= 11 is 12.4. The summed E-state index contributed by atoms with van der Waals surface area (Å²) in [6.07, 6.45) is 3.11. The highest BCUT2D eigenvalue weighted by Gasteiger charge is 2.32. The Morgan fingerprint density at radius 3 is 2.68 bits per heavy atom. The van der Waals surface area contributed by atoms with E-state index in [1.165, 1.54) is 0 Å². The standard InChI is InChI=1S/C15H21Cl2NO/c1-2-18-11-15(5-7-19-8-6-15)10-12-9-13(16)3-4-14(12)17/h3-4,9,18H,2,5-8,10-11H2,1H3. The van der Waals surface area contributed by atoms with E-state index in [2.05, 4.69) is 12.2 Å². The van der Waals surface area contributed by atoms with Crippen LogP contribution in [-0.4, -0.2) is 26.3 Å². The Morgan fingerprint density at radius 1 is 1.26 bits per heavy atom. The van der Waals surface area contributed by atoms with Gasteiger partial charge in [0.15, 0.2) is 0 Å². The zero-order valence-corrected chi connectivity index (χ0v) is 12.9.